The summed E-state index contributed by atoms with van der Waals surface area (Å²) in [7, 11) is 0. The molecule has 2 aromatic rings. The van der Waals surface area contributed by atoms with E-state index in [0.29, 0.717) is 29.3 Å². The minimum Gasteiger partial charge on any atom is -0.431 e. The molecule has 0 atom stereocenters. The third kappa shape index (κ3) is 2.78. The second-order valence-corrected chi connectivity index (χ2v) is 5.60. The van der Waals surface area contributed by atoms with E-state index in [4.69, 9.17) is 4.74 Å². The SMILES string of the molecule is FC(F)Oc1cc(Br)cn2cc(C3CCOCC3)nc12. The third-order valence-electron chi connectivity index (χ3n) is 3.36. The highest BCUT2D eigenvalue weighted by Crippen LogP contribution is 2.31. The molecule has 4 nitrogen and oxygen atoms in total. The molecule has 108 valence electrons. The van der Waals surface area contributed by atoms with Gasteiger partial charge in [-0.1, -0.05) is 0 Å². The Morgan fingerprint density at radius 3 is 2.80 bits per heavy atom. The molecule has 1 aliphatic rings. The highest BCUT2D eigenvalue weighted by molar-refractivity contribution is 9.10. The number of alkyl halides is 2. The quantitative estimate of drug-likeness (QED) is 0.851. The van der Waals surface area contributed by atoms with Gasteiger partial charge in [-0.05, 0) is 34.8 Å². The average Bonchev–Trinajstić information content (AvgIpc) is 2.83. The van der Waals surface area contributed by atoms with Crippen molar-refractivity contribution in [2.24, 2.45) is 0 Å². The van der Waals surface area contributed by atoms with Crippen LogP contribution in [0.15, 0.2) is 22.9 Å². The molecule has 0 aromatic carbocycles. The zero-order valence-corrected chi connectivity index (χ0v) is 12.1. The smallest absolute Gasteiger partial charge is 0.387 e. The fourth-order valence-electron chi connectivity index (χ4n) is 2.43. The van der Waals surface area contributed by atoms with Crippen LogP contribution < -0.4 is 4.74 Å². The first-order valence-corrected chi connectivity index (χ1v) is 7.13. The molecule has 0 saturated carbocycles. The van der Waals surface area contributed by atoms with Crippen LogP contribution >= 0.6 is 15.9 Å². The standard InChI is InChI=1S/C13H13BrF2N2O2/c14-9-5-11(20-13(15)16)12-17-10(7-18(12)6-9)8-1-3-19-4-2-8/h5-8,13H,1-4H2. The molecule has 20 heavy (non-hydrogen) atoms. The lowest BCUT2D eigenvalue weighted by molar-refractivity contribution is -0.0491. The first-order valence-electron chi connectivity index (χ1n) is 6.34. The molecule has 0 aliphatic carbocycles. The Hall–Kier alpha value is -1.21. The summed E-state index contributed by atoms with van der Waals surface area (Å²) in [5.74, 6) is 0.384. The minimum atomic E-state index is -2.86. The summed E-state index contributed by atoms with van der Waals surface area (Å²) in [6.07, 6.45) is 5.45. The summed E-state index contributed by atoms with van der Waals surface area (Å²) >= 11 is 3.28. The molecular formula is C13H13BrF2N2O2. The molecule has 1 fully saturated rings. The van der Waals surface area contributed by atoms with Crippen molar-refractivity contribution in [3.05, 3.63) is 28.6 Å². The predicted molar refractivity (Wildman–Crippen MR) is 72.3 cm³/mol. The summed E-state index contributed by atoms with van der Waals surface area (Å²) in [6, 6.07) is 1.50. The molecule has 7 heteroatoms. The monoisotopic (exact) mass is 346 g/mol. The maximum Gasteiger partial charge on any atom is 0.387 e. The summed E-state index contributed by atoms with van der Waals surface area (Å²) in [4.78, 5) is 4.46. The molecule has 0 N–H and O–H groups in total. The molecule has 0 unspecified atom stereocenters. The summed E-state index contributed by atoms with van der Waals surface area (Å²) in [5.41, 5.74) is 1.31. The average molecular weight is 347 g/mol. The molecule has 1 saturated heterocycles. The van der Waals surface area contributed by atoms with Crippen LogP contribution in [-0.2, 0) is 4.74 Å². The highest BCUT2D eigenvalue weighted by atomic mass is 79.9. The molecule has 0 spiro atoms. The highest BCUT2D eigenvalue weighted by Gasteiger charge is 2.20. The molecular weight excluding hydrogens is 334 g/mol. The Labute approximate surface area is 122 Å². The number of hydrogen-bond donors (Lipinski definition) is 0. The van der Waals surface area contributed by atoms with E-state index >= 15 is 0 Å². The maximum absolute atomic E-state index is 12.5. The number of imidazole rings is 1. The van der Waals surface area contributed by atoms with Gasteiger partial charge in [-0.3, -0.25) is 0 Å². The van der Waals surface area contributed by atoms with E-state index in [-0.39, 0.29) is 5.75 Å². The first kappa shape index (κ1) is 13.8. The van der Waals surface area contributed by atoms with Crippen molar-refractivity contribution in [2.75, 3.05) is 13.2 Å². The van der Waals surface area contributed by atoms with Gasteiger partial charge in [0.2, 0.25) is 0 Å². The van der Waals surface area contributed by atoms with E-state index < -0.39 is 6.61 Å². The predicted octanol–water partition coefficient (Wildman–Crippen LogP) is 3.59. The number of halogens is 3. The first-order chi connectivity index (χ1) is 9.63. The second-order valence-electron chi connectivity index (χ2n) is 4.68. The Morgan fingerprint density at radius 1 is 1.35 bits per heavy atom. The third-order valence-corrected chi connectivity index (χ3v) is 3.79. The van der Waals surface area contributed by atoms with Crippen LogP contribution in [0, 0.1) is 0 Å². The van der Waals surface area contributed by atoms with Gasteiger partial charge < -0.3 is 13.9 Å². The van der Waals surface area contributed by atoms with Gasteiger partial charge in [0, 0.05) is 36.0 Å². The molecule has 0 radical (unpaired) electrons. The van der Waals surface area contributed by atoms with Gasteiger partial charge in [0.05, 0.1) is 5.69 Å². The topological polar surface area (TPSA) is 35.8 Å². The number of aromatic nitrogens is 2. The Balaban J connectivity index is 2.00. The molecule has 2 aromatic heterocycles. The van der Waals surface area contributed by atoms with Gasteiger partial charge in [0.25, 0.3) is 0 Å². The second kappa shape index (κ2) is 5.65. The lowest BCUT2D eigenvalue weighted by atomic mass is 9.97. The van der Waals surface area contributed by atoms with E-state index in [1.54, 1.807) is 10.6 Å². The van der Waals surface area contributed by atoms with Crippen molar-refractivity contribution < 1.29 is 18.3 Å². The summed E-state index contributed by atoms with van der Waals surface area (Å²) in [6.45, 7) is -1.44. The molecule has 3 heterocycles. The lowest BCUT2D eigenvalue weighted by Crippen LogP contribution is -2.14. The Morgan fingerprint density at radius 2 is 2.10 bits per heavy atom. The van der Waals surface area contributed by atoms with Gasteiger partial charge in [0.15, 0.2) is 11.4 Å². The normalized spacial score (nSPS) is 17.0. The fraction of sp³-hybridized carbons (Fsp3) is 0.462. The molecule has 0 amide bonds. The lowest BCUT2D eigenvalue weighted by Gasteiger charge is -2.19. The zero-order chi connectivity index (χ0) is 14.1. The van der Waals surface area contributed by atoms with E-state index in [1.165, 1.54) is 6.07 Å². The molecule has 1 aliphatic heterocycles. The van der Waals surface area contributed by atoms with Crippen LogP contribution in [0.3, 0.4) is 0 Å². The minimum absolute atomic E-state index is 0.0766. The van der Waals surface area contributed by atoms with Crippen molar-refractivity contribution in [1.82, 2.24) is 9.38 Å². The number of pyridine rings is 1. The van der Waals surface area contributed by atoms with Crippen molar-refractivity contribution in [1.29, 1.82) is 0 Å². The number of fused-ring (bicyclic) bond motifs is 1. The van der Waals surface area contributed by atoms with Gasteiger partial charge >= 0.3 is 6.61 Å². The Kier molecular flexibility index (Phi) is 3.89. The van der Waals surface area contributed by atoms with Crippen LogP contribution in [0.25, 0.3) is 5.65 Å². The van der Waals surface area contributed by atoms with Crippen LogP contribution in [0.2, 0.25) is 0 Å². The van der Waals surface area contributed by atoms with Gasteiger partial charge in [0.1, 0.15) is 0 Å². The number of rotatable bonds is 3. The van der Waals surface area contributed by atoms with Crippen LogP contribution in [0.5, 0.6) is 5.75 Å². The molecule has 3 rings (SSSR count). The molecule has 0 bridgehead atoms. The van der Waals surface area contributed by atoms with E-state index in [0.717, 1.165) is 18.5 Å². The van der Waals surface area contributed by atoms with Crippen molar-refractivity contribution >= 4 is 21.6 Å². The largest absolute Gasteiger partial charge is 0.431 e. The van der Waals surface area contributed by atoms with Gasteiger partial charge in [-0.15, -0.1) is 0 Å². The summed E-state index contributed by atoms with van der Waals surface area (Å²) in [5, 5.41) is 0. The van der Waals surface area contributed by atoms with Crippen LogP contribution in [-0.4, -0.2) is 29.2 Å². The maximum atomic E-state index is 12.5. The van der Waals surface area contributed by atoms with Crippen molar-refractivity contribution in [2.45, 2.75) is 25.4 Å². The van der Waals surface area contributed by atoms with Crippen LogP contribution in [0.1, 0.15) is 24.5 Å². The van der Waals surface area contributed by atoms with E-state index in [1.807, 2.05) is 6.20 Å². The van der Waals surface area contributed by atoms with Crippen molar-refractivity contribution in [3.63, 3.8) is 0 Å². The van der Waals surface area contributed by atoms with Gasteiger partial charge in [-0.25, -0.2) is 4.98 Å². The Bertz CT molecular complexity index is 612. The summed E-state index contributed by atoms with van der Waals surface area (Å²) < 4.78 is 37.1. The van der Waals surface area contributed by atoms with E-state index in [2.05, 4.69) is 25.7 Å². The fourth-order valence-corrected chi connectivity index (χ4v) is 2.85. The number of hydrogen-bond acceptors (Lipinski definition) is 3. The van der Waals surface area contributed by atoms with Crippen molar-refractivity contribution in [3.8, 4) is 5.75 Å². The zero-order valence-electron chi connectivity index (χ0n) is 10.6. The van der Waals surface area contributed by atoms with Gasteiger partial charge in [-0.2, -0.15) is 8.78 Å². The van der Waals surface area contributed by atoms with E-state index in [9.17, 15) is 8.78 Å². The number of nitrogens with zero attached hydrogens (tertiary/aromatic N) is 2. The van der Waals surface area contributed by atoms with Crippen LogP contribution in [0.4, 0.5) is 8.78 Å². The number of ether oxygens (including phenoxy) is 2.